The molecule has 0 unspecified atom stereocenters. The Morgan fingerprint density at radius 3 is 2.59 bits per heavy atom. The Kier molecular flexibility index (Phi) is 9.75. The number of amides is 2. The highest BCUT2D eigenvalue weighted by Crippen LogP contribution is 2.29. The summed E-state index contributed by atoms with van der Waals surface area (Å²) in [6.07, 6.45) is 5.45. The molecule has 0 radical (unpaired) electrons. The van der Waals surface area contributed by atoms with E-state index in [1.807, 2.05) is 0 Å². The number of esters is 1. The standard InChI is InChI=1S/C23H26N2O6S/c1-4-11-30-21(27)10-9-17-7-6-8-18(13-17)24-22(28)20-14-19(32-16(3)26)15-25(20)23(29)31-12-5-2/h4-10,13,19-20H,1-2,11-12,14-15H2,3H3,(H,24,28)/b10-9+/t19-,20-/m0/s1. The maximum absolute atomic E-state index is 13.0. The van der Waals surface area contributed by atoms with Crippen molar-refractivity contribution >= 4 is 46.6 Å². The highest BCUT2D eigenvalue weighted by Gasteiger charge is 2.41. The number of hydrogen-bond donors (Lipinski definition) is 1. The minimum absolute atomic E-state index is 0.0256. The van der Waals surface area contributed by atoms with Gasteiger partial charge < -0.3 is 14.8 Å². The lowest BCUT2D eigenvalue weighted by molar-refractivity contribution is -0.136. The third-order valence-corrected chi connectivity index (χ3v) is 5.37. The number of nitrogens with one attached hydrogen (secondary N) is 1. The first-order chi connectivity index (χ1) is 15.3. The quantitative estimate of drug-likeness (QED) is 0.344. The number of hydrogen-bond acceptors (Lipinski definition) is 7. The monoisotopic (exact) mass is 458 g/mol. The fraction of sp³-hybridized carbons (Fsp3) is 0.304. The Labute approximate surface area is 191 Å². The van der Waals surface area contributed by atoms with Crippen LogP contribution in [0.3, 0.4) is 0 Å². The van der Waals surface area contributed by atoms with Crippen molar-refractivity contribution in [1.29, 1.82) is 0 Å². The van der Waals surface area contributed by atoms with Gasteiger partial charge in [0.05, 0.1) is 0 Å². The van der Waals surface area contributed by atoms with Crippen molar-refractivity contribution < 1.29 is 28.7 Å². The lowest BCUT2D eigenvalue weighted by atomic mass is 10.1. The van der Waals surface area contributed by atoms with Crippen molar-refractivity contribution in [3.63, 3.8) is 0 Å². The summed E-state index contributed by atoms with van der Waals surface area (Å²) in [4.78, 5) is 49.8. The molecule has 1 N–H and O–H groups in total. The van der Waals surface area contributed by atoms with Crippen LogP contribution in [0.1, 0.15) is 18.9 Å². The van der Waals surface area contributed by atoms with Gasteiger partial charge in [-0.05, 0) is 30.2 Å². The number of carbonyl (C=O) groups is 4. The van der Waals surface area contributed by atoms with Gasteiger partial charge in [0, 0.05) is 30.5 Å². The molecule has 9 heteroatoms. The molecule has 1 aliphatic heterocycles. The van der Waals surface area contributed by atoms with E-state index in [9.17, 15) is 19.2 Å². The van der Waals surface area contributed by atoms with Gasteiger partial charge in [0.25, 0.3) is 0 Å². The van der Waals surface area contributed by atoms with E-state index in [1.165, 1.54) is 30.1 Å². The van der Waals surface area contributed by atoms with Gasteiger partial charge in [-0.3, -0.25) is 14.5 Å². The second-order valence-corrected chi connectivity index (χ2v) is 8.34. The SMILES string of the molecule is C=CCOC(=O)/C=C/c1cccc(NC(=O)[C@@H]2C[C@H](SC(C)=O)CN2C(=O)OCC=C)c1. The van der Waals surface area contributed by atoms with Crippen LogP contribution in [0.25, 0.3) is 6.08 Å². The van der Waals surface area contributed by atoms with Gasteiger partial charge in [0.15, 0.2) is 5.12 Å². The fourth-order valence-electron chi connectivity index (χ4n) is 3.08. The number of benzene rings is 1. The number of likely N-dealkylation sites (tertiary alicyclic amines) is 1. The van der Waals surface area contributed by atoms with Crippen LogP contribution in [0.5, 0.6) is 0 Å². The third kappa shape index (κ3) is 7.73. The van der Waals surface area contributed by atoms with Crippen LogP contribution in [-0.2, 0) is 23.9 Å². The van der Waals surface area contributed by atoms with Crippen LogP contribution in [0, 0.1) is 0 Å². The van der Waals surface area contributed by atoms with Crippen molar-refractivity contribution in [1.82, 2.24) is 4.90 Å². The van der Waals surface area contributed by atoms with Gasteiger partial charge in [0.2, 0.25) is 5.91 Å². The van der Waals surface area contributed by atoms with E-state index >= 15 is 0 Å². The number of nitrogens with zero attached hydrogens (tertiary/aromatic N) is 1. The van der Waals surface area contributed by atoms with E-state index < -0.39 is 24.0 Å². The smallest absolute Gasteiger partial charge is 0.410 e. The Hall–Kier alpha value is -3.33. The van der Waals surface area contributed by atoms with Gasteiger partial charge in [-0.25, -0.2) is 9.59 Å². The molecule has 2 amide bonds. The molecule has 0 aromatic heterocycles. The van der Waals surface area contributed by atoms with Gasteiger partial charge in [0.1, 0.15) is 19.3 Å². The molecule has 2 rings (SSSR count). The molecule has 0 bridgehead atoms. The average molecular weight is 459 g/mol. The molecule has 1 heterocycles. The molecule has 32 heavy (non-hydrogen) atoms. The third-order valence-electron chi connectivity index (χ3n) is 4.37. The number of rotatable bonds is 9. The zero-order valence-corrected chi connectivity index (χ0v) is 18.6. The molecule has 0 saturated carbocycles. The summed E-state index contributed by atoms with van der Waals surface area (Å²) >= 11 is 1.10. The van der Waals surface area contributed by atoms with Crippen LogP contribution in [0.15, 0.2) is 55.7 Å². The van der Waals surface area contributed by atoms with Crippen molar-refractivity contribution in [2.45, 2.75) is 24.6 Å². The number of ether oxygens (including phenoxy) is 2. The fourth-order valence-corrected chi connectivity index (χ4v) is 4.06. The van der Waals surface area contributed by atoms with E-state index in [-0.39, 0.29) is 30.1 Å². The van der Waals surface area contributed by atoms with Crippen LogP contribution in [0.2, 0.25) is 0 Å². The minimum Gasteiger partial charge on any atom is -0.458 e. The maximum Gasteiger partial charge on any atom is 0.410 e. The summed E-state index contributed by atoms with van der Waals surface area (Å²) in [6.45, 7) is 8.81. The van der Waals surface area contributed by atoms with E-state index in [1.54, 1.807) is 30.3 Å². The van der Waals surface area contributed by atoms with Crippen molar-refractivity contribution in [3.05, 3.63) is 61.2 Å². The molecule has 2 atom stereocenters. The van der Waals surface area contributed by atoms with Gasteiger partial charge in [-0.15, -0.1) is 0 Å². The molecule has 1 aromatic rings. The first-order valence-corrected chi connectivity index (χ1v) is 10.8. The van der Waals surface area contributed by atoms with Crippen LogP contribution in [-0.4, -0.2) is 59.0 Å². The Bertz CT molecular complexity index is 914. The topological polar surface area (TPSA) is 102 Å². The molecule has 1 saturated heterocycles. The summed E-state index contributed by atoms with van der Waals surface area (Å²) in [6, 6.07) is 6.09. The number of carbonyl (C=O) groups excluding carboxylic acids is 4. The second kappa shape index (κ2) is 12.5. The molecule has 1 aliphatic rings. The largest absolute Gasteiger partial charge is 0.458 e. The van der Waals surface area contributed by atoms with E-state index in [4.69, 9.17) is 9.47 Å². The summed E-state index contributed by atoms with van der Waals surface area (Å²) in [5.41, 5.74) is 1.18. The van der Waals surface area contributed by atoms with Crippen molar-refractivity contribution in [2.75, 3.05) is 25.1 Å². The lowest BCUT2D eigenvalue weighted by Crippen LogP contribution is -2.43. The van der Waals surface area contributed by atoms with E-state index in [0.29, 0.717) is 17.7 Å². The molecule has 1 aromatic carbocycles. The van der Waals surface area contributed by atoms with Crippen molar-refractivity contribution in [3.8, 4) is 0 Å². The molecule has 0 aliphatic carbocycles. The van der Waals surface area contributed by atoms with Gasteiger partial charge in [-0.1, -0.05) is 49.2 Å². The van der Waals surface area contributed by atoms with Gasteiger partial charge >= 0.3 is 12.1 Å². The summed E-state index contributed by atoms with van der Waals surface area (Å²) in [5.74, 6) is -0.897. The number of thioether (sulfide) groups is 1. The average Bonchev–Trinajstić information content (AvgIpc) is 3.18. The summed E-state index contributed by atoms with van der Waals surface area (Å²) in [7, 11) is 0. The molecule has 1 fully saturated rings. The number of anilines is 1. The predicted molar refractivity (Wildman–Crippen MR) is 124 cm³/mol. The maximum atomic E-state index is 13.0. The highest BCUT2D eigenvalue weighted by molar-refractivity contribution is 8.14. The Morgan fingerprint density at radius 1 is 1.19 bits per heavy atom. The first kappa shape index (κ1) is 24.9. The first-order valence-electron chi connectivity index (χ1n) is 9.92. The molecule has 0 spiro atoms. The Morgan fingerprint density at radius 2 is 1.91 bits per heavy atom. The normalized spacial score (nSPS) is 17.6. The zero-order valence-electron chi connectivity index (χ0n) is 17.8. The van der Waals surface area contributed by atoms with Crippen LogP contribution < -0.4 is 5.32 Å². The molecular formula is C23H26N2O6S. The molecular weight excluding hydrogens is 432 g/mol. The molecule has 170 valence electrons. The van der Waals surface area contributed by atoms with E-state index in [0.717, 1.165) is 11.8 Å². The lowest BCUT2D eigenvalue weighted by Gasteiger charge is -2.23. The Balaban J connectivity index is 2.09. The van der Waals surface area contributed by atoms with Crippen molar-refractivity contribution in [2.24, 2.45) is 0 Å². The minimum atomic E-state index is -0.780. The van der Waals surface area contributed by atoms with Crippen LogP contribution >= 0.6 is 11.8 Å². The summed E-state index contributed by atoms with van der Waals surface area (Å²) in [5, 5.41) is 2.51. The highest BCUT2D eigenvalue weighted by atomic mass is 32.2. The summed E-state index contributed by atoms with van der Waals surface area (Å²) < 4.78 is 9.98. The van der Waals surface area contributed by atoms with E-state index in [2.05, 4.69) is 18.5 Å². The van der Waals surface area contributed by atoms with Gasteiger partial charge in [-0.2, -0.15) is 0 Å². The zero-order chi connectivity index (χ0) is 23.5. The second-order valence-electron chi connectivity index (χ2n) is 6.87. The van der Waals surface area contributed by atoms with Crippen LogP contribution in [0.4, 0.5) is 10.5 Å². The predicted octanol–water partition coefficient (Wildman–Crippen LogP) is 3.41. The molecule has 8 nitrogen and oxygen atoms in total.